The molecule has 0 spiro atoms. The highest BCUT2D eigenvalue weighted by Crippen LogP contribution is 2.23. The molecule has 0 aliphatic rings. The monoisotopic (exact) mass is 441 g/mol. The number of aromatic nitrogens is 4. The molecule has 4 aromatic rings. The van der Waals surface area contributed by atoms with Gasteiger partial charge in [0.15, 0.2) is 0 Å². The first-order valence-electron chi connectivity index (χ1n) is 9.94. The highest BCUT2D eigenvalue weighted by atomic mass is 32.2. The Morgan fingerprint density at radius 1 is 1.19 bits per heavy atom. The van der Waals surface area contributed by atoms with E-state index < -0.39 is 16.1 Å². The van der Waals surface area contributed by atoms with Gasteiger partial charge in [-0.15, -0.1) is 0 Å². The van der Waals surface area contributed by atoms with Crippen molar-refractivity contribution in [3.63, 3.8) is 0 Å². The van der Waals surface area contributed by atoms with E-state index in [4.69, 9.17) is 4.52 Å². The van der Waals surface area contributed by atoms with Crippen LogP contribution in [0.15, 0.2) is 56.7 Å². The number of imidazole rings is 1. The molecule has 162 valence electrons. The van der Waals surface area contributed by atoms with E-state index in [2.05, 4.69) is 19.8 Å². The fraction of sp³-hybridized carbons (Fsp3) is 0.286. The largest absolute Gasteiger partial charge is 0.337 e. The second kappa shape index (κ2) is 8.12. The zero-order valence-electron chi connectivity index (χ0n) is 17.4. The fourth-order valence-corrected chi connectivity index (χ4v) is 4.54. The Kier molecular flexibility index (Phi) is 5.50. The molecule has 4 rings (SSSR count). The minimum atomic E-state index is -3.74. The first-order chi connectivity index (χ1) is 14.8. The second-order valence-electron chi connectivity index (χ2n) is 7.43. The minimum absolute atomic E-state index is 0.142. The van der Waals surface area contributed by atoms with Gasteiger partial charge in [-0.2, -0.15) is 9.71 Å². The van der Waals surface area contributed by atoms with E-state index in [1.54, 1.807) is 47.9 Å². The van der Waals surface area contributed by atoms with E-state index in [1.807, 2.05) is 19.9 Å². The van der Waals surface area contributed by atoms with Crippen LogP contribution in [0.2, 0.25) is 0 Å². The summed E-state index contributed by atoms with van der Waals surface area (Å²) in [5.74, 6) is 0.449. The summed E-state index contributed by atoms with van der Waals surface area (Å²) in [7, 11) is -3.74. The Hall–Kier alpha value is -3.24. The highest BCUT2D eigenvalue weighted by molar-refractivity contribution is 7.89. The summed E-state index contributed by atoms with van der Waals surface area (Å²) < 4.78 is 34.7. The number of aryl methyl sites for hydroxylation is 2. The van der Waals surface area contributed by atoms with Gasteiger partial charge in [0.2, 0.25) is 21.7 Å². The molecule has 0 unspecified atom stereocenters. The molecular weight excluding hydrogens is 418 g/mol. The number of aromatic amines is 1. The molecule has 0 bridgehead atoms. The molecule has 0 amide bonds. The normalized spacial score (nSPS) is 13.0. The molecule has 1 atom stereocenters. The average Bonchev–Trinajstić information content (AvgIpc) is 3.33. The van der Waals surface area contributed by atoms with Crippen molar-refractivity contribution >= 4 is 21.1 Å². The van der Waals surface area contributed by atoms with Gasteiger partial charge < -0.3 is 9.51 Å². The predicted octanol–water partition coefficient (Wildman–Crippen LogP) is 3.14. The lowest BCUT2D eigenvalue weighted by Crippen LogP contribution is -2.27. The lowest BCUT2D eigenvalue weighted by Gasteiger charge is -2.10. The molecule has 2 aromatic heterocycles. The maximum atomic E-state index is 12.6. The molecule has 0 saturated carbocycles. The molecule has 0 radical (unpaired) electrons. The van der Waals surface area contributed by atoms with E-state index >= 15 is 0 Å². The number of nitrogens with zero attached hydrogens (tertiary/aromatic N) is 3. The first-order valence-corrected chi connectivity index (χ1v) is 11.4. The molecule has 31 heavy (non-hydrogen) atoms. The van der Waals surface area contributed by atoms with Gasteiger partial charge >= 0.3 is 5.69 Å². The van der Waals surface area contributed by atoms with Crippen molar-refractivity contribution < 1.29 is 12.9 Å². The van der Waals surface area contributed by atoms with E-state index in [1.165, 1.54) is 0 Å². The van der Waals surface area contributed by atoms with Crippen LogP contribution in [0.1, 0.15) is 37.8 Å². The number of fused-ring (bicyclic) bond motifs is 1. The maximum absolute atomic E-state index is 12.6. The predicted molar refractivity (Wildman–Crippen MR) is 116 cm³/mol. The van der Waals surface area contributed by atoms with Gasteiger partial charge in [-0.25, -0.2) is 13.2 Å². The smallest absolute Gasteiger partial charge is 0.326 e. The summed E-state index contributed by atoms with van der Waals surface area (Å²) in [6.45, 7) is 6.16. The van der Waals surface area contributed by atoms with Crippen LogP contribution in [-0.2, 0) is 16.6 Å². The van der Waals surface area contributed by atoms with Crippen molar-refractivity contribution in [1.29, 1.82) is 0 Å². The fourth-order valence-electron chi connectivity index (χ4n) is 3.35. The lowest BCUT2D eigenvalue weighted by atomic mass is 10.2. The van der Waals surface area contributed by atoms with Crippen LogP contribution < -0.4 is 10.4 Å². The Balaban J connectivity index is 1.57. The van der Waals surface area contributed by atoms with Crippen LogP contribution in [0.4, 0.5) is 0 Å². The van der Waals surface area contributed by atoms with Gasteiger partial charge in [-0.3, -0.25) is 4.57 Å². The van der Waals surface area contributed by atoms with Crippen molar-refractivity contribution in [1.82, 2.24) is 24.4 Å². The number of hydrogen-bond acceptors (Lipinski definition) is 6. The summed E-state index contributed by atoms with van der Waals surface area (Å²) in [5, 5.41) is 3.97. The topological polar surface area (TPSA) is 123 Å². The molecule has 2 heterocycles. The average molecular weight is 442 g/mol. The summed E-state index contributed by atoms with van der Waals surface area (Å²) in [4.78, 5) is 19.5. The van der Waals surface area contributed by atoms with Crippen molar-refractivity contribution in [2.45, 2.75) is 44.7 Å². The summed E-state index contributed by atoms with van der Waals surface area (Å²) in [6, 6.07) is 11.3. The van der Waals surface area contributed by atoms with E-state index in [9.17, 15) is 13.2 Å². The van der Waals surface area contributed by atoms with Crippen LogP contribution in [-0.4, -0.2) is 28.1 Å². The van der Waals surface area contributed by atoms with Gasteiger partial charge in [0.1, 0.15) is 0 Å². The Bertz CT molecular complexity index is 1380. The van der Waals surface area contributed by atoms with Crippen molar-refractivity contribution in [2.75, 3.05) is 0 Å². The quantitative estimate of drug-likeness (QED) is 0.454. The highest BCUT2D eigenvalue weighted by Gasteiger charge is 2.23. The number of H-pyrrole nitrogens is 1. The maximum Gasteiger partial charge on any atom is 0.326 e. The SMILES string of the molecule is CCCn1c(=O)[nH]c2cc(-c3noc([C@@H](C)NS(=O)(=O)c4ccc(C)cc4)n3)ccc21. The second-order valence-corrected chi connectivity index (χ2v) is 9.14. The van der Waals surface area contributed by atoms with Crippen LogP contribution in [0, 0.1) is 6.92 Å². The molecule has 10 heteroatoms. The van der Waals surface area contributed by atoms with Crippen LogP contribution >= 0.6 is 0 Å². The van der Waals surface area contributed by atoms with Crippen LogP contribution in [0.5, 0.6) is 0 Å². The van der Waals surface area contributed by atoms with Crippen molar-refractivity contribution in [3.05, 3.63) is 64.4 Å². The standard InChI is InChI=1S/C21H23N5O4S/c1-4-11-26-18-10-7-15(12-17(18)22-21(26)27)19-23-20(30-24-19)14(3)25-31(28,29)16-8-5-13(2)6-9-16/h5-10,12,14,25H,4,11H2,1-3H3,(H,22,27)/t14-/m1/s1. The third-order valence-electron chi connectivity index (χ3n) is 4.95. The van der Waals surface area contributed by atoms with E-state index in [0.717, 1.165) is 17.5 Å². The van der Waals surface area contributed by atoms with E-state index in [0.29, 0.717) is 23.4 Å². The number of benzene rings is 2. The first kappa shape index (κ1) is 21.0. The van der Waals surface area contributed by atoms with Gasteiger partial charge in [0, 0.05) is 12.1 Å². The Morgan fingerprint density at radius 2 is 1.94 bits per heavy atom. The summed E-state index contributed by atoms with van der Waals surface area (Å²) in [6.07, 6.45) is 0.846. The van der Waals surface area contributed by atoms with Gasteiger partial charge in [-0.05, 0) is 50.6 Å². The molecule has 9 nitrogen and oxygen atoms in total. The summed E-state index contributed by atoms with van der Waals surface area (Å²) >= 11 is 0. The Morgan fingerprint density at radius 3 is 2.65 bits per heavy atom. The van der Waals surface area contributed by atoms with Gasteiger partial charge in [0.25, 0.3) is 0 Å². The van der Waals surface area contributed by atoms with Gasteiger partial charge in [0.05, 0.1) is 22.0 Å². The van der Waals surface area contributed by atoms with Crippen LogP contribution in [0.25, 0.3) is 22.4 Å². The molecule has 0 fully saturated rings. The number of sulfonamides is 1. The number of nitrogens with one attached hydrogen (secondary N) is 2. The molecule has 0 aliphatic carbocycles. The molecule has 0 aliphatic heterocycles. The minimum Gasteiger partial charge on any atom is -0.337 e. The van der Waals surface area contributed by atoms with Crippen molar-refractivity contribution in [2.24, 2.45) is 0 Å². The number of rotatable bonds is 7. The van der Waals surface area contributed by atoms with Crippen LogP contribution in [0.3, 0.4) is 0 Å². The zero-order valence-corrected chi connectivity index (χ0v) is 18.2. The Labute approximate surface area is 179 Å². The third-order valence-corrected chi connectivity index (χ3v) is 6.51. The van der Waals surface area contributed by atoms with Gasteiger partial charge in [-0.1, -0.05) is 29.8 Å². The molecule has 2 aromatic carbocycles. The molecular formula is C21H23N5O4S. The number of hydrogen-bond donors (Lipinski definition) is 2. The summed E-state index contributed by atoms with van der Waals surface area (Å²) in [5.41, 5.74) is 2.94. The lowest BCUT2D eigenvalue weighted by molar-refractivity contribution is 0.354. The molecule has 2 N–H and O–H groups in total. The van der Waals surface area contributed by atoms with E-state index in [-0.39, 0.29) is 16.5 Å². The third kappa shape index (κ3) is 4.17. The zero-order chi connectivity index (χ0) is 22.2. The molecule has 0 saturated heterocycles. The van der Waals surface area contributed by atoms with Crippen molar-refractivity contribution in [3.8, 4) is 11.4 Å².